The molecule has 4 rings (SSSR count). The maximum Gasteiger partial charge on any atom is 0.277 e. The molecule has 170 valence electrons. The van der Waals surface area contributed by atoms with Crippen LogP contribution in [0.25, 0.3) is 0 Å². The number of hydrogen-bond acceptors (Lipinski definition) is 10. The third-order valence-corrected chi connectivity index (χ3v) is 4.94. The maximum absolute atomic E-state index is 10.9. The Labute approximate surface area is 181 Å². The lowest BCUT2D eigenvalue weighted by molar-refractivity contribution is -0.385. The number of aldehydes is 1. The molecule has 0 saturated heterocycles. The predicted octanol–water partition coefficient (Wildman–Crippen LogP) is 3.05. The van der Waals surface area contributed by atoms with Gasteiger partial charge in [0, 0.05) is 29.6 Å². The molecule has 2 unspecified atom stereocenters. The van der Waals surface area contributed by atoms with Crippen molar-refractivity contribution >= 4 is 17.7 Å². The first-order valence-electron chi connectivity index (χ1n) is 9.48. The fourth-order valence-electron chi connectivity index (χ4n) is 3.14. The molecule has 0 spiro atoms. The van der Waals surface area contributed by atoms with Crippen molar-refractivity contribution in [2.45, 2.75) is 25.7 Å². The quantitative estimate of drug-likeness (QED) is 0.395. The summed E-state index contributed by atoms with van der Waals surface area (Å²) in [6.07, 6.45) is 0.657. The Morgan fingerprint density at radius 2 is 1.28 bits per heavy atom. The van der Waals surface area contributed by atoms with Crippen molar-refractivity contribution in [1.82, 2.24) is 0 Å². The number of carbonyl (C=O) groups excluding carboxylic acids is 1. The number of ether oxygens (including phenoxy) is 4. The molecular formula is C20H20N2O10. The third kappa shape index (κ3) is 4.54. The summed E-state index contributed by atoms with van der Waals surface area (Å²) in [4.78, 5) is 31.4. The molecule has 2 heterocycles. The molecule has 0 amide bonds. The van der Waals surface area contributed by atoms with Gasteiger partial charge < -0.3 is 28.8 Å². The van der Waals surface area contributed by atoms with Gasteiger partial charge in [-0.3, -0.25) is 20.2 Å². The zero-order valence-electron chi connectivity index (χ0n) is 17.2. The second-order valence-electron chi connectivity index (χ2n) is 7.05. The number of aliphatic hydroxyl groups is 1. The first-order chi connectivity index (χ1) is 15.3. The number of hydrogen-bond donors (Lipinski definition) is 1. The average molecular weight is 448 g/mol. The van der Waals surface area contributed by atoms with Gasteiger partial charge in [0.05, 0.1) is 22.0 Å². The van der Waals surface area contributed by atoms with Gasteiger partial charge >= 0.3 is 0 Å². The highest BCUT2D eigenvalue weighted by molar-refractivity contribution is 5.68. The van der Waals surface area contributed by atoms with Gasteiger partial charge in [0.1, 0.15) is 6.29 Å². The SMILES string of the molecule is CC(C=O)c1cc2c(cc1[N+](=O)[O-])OCO2.CC(CO)c1cc2c(cc1[N+](=O)[O-])OCO2. The first-order valence-corrected chi connectivity index (χ1v) is 9.48. The van der Waals surface area contributed by atoms with Gasteiger partial charge in [0.2, 0.25) is 13.6 Å². The van der Waals surface area contributed by atoms with Crippen molar-refractivity contribution in [3.05, 3.63) is 55.6 Å². The fraction of sp³-hybridized carbons (Fsp3) is 0.350. The minimum atomic E-state index is -0.546. The summed E-state index contributed by atoms with van der Waals surface area (Å²) < 4.78 is 20.4. The second-order valence-corrected chi connectivity index (χ2v) is 7.05. The number of nitro benzene ring substituents is 2. The van der Waals surface area contributed by atoms with Crippen molar-refractivity contribution in [3.8, 4) is 23.0 Å². The molecule has 0 aromatic heterocycles. The largest absolute Gasteiger partial charge is 0.454 e. The zero-order chi connectivity index (χ0) is 23.4. The van der Waals surface area contributed by atoms with Crippen molar-refractivity contribution in [3.63, 3.8) is 0 Å². The minimum Gasteiger partial charge on any atom is -0.454 e. The molecule has 2 aliphatic rings. The van der Waals surface area contributed by atoms with Crippen LogP contribution in [-0.2, 0) is 4.79 Å². The predicted molar refractivity (Wildman–Crippen MR) is 108 cm³/mol. The first kappa shape index (κ1) is 22.7. The van der Waals surface area contributed by atoms with Gasteiger partial charge in [-0.1, -0.05) is 13.8 Å². The maximum atomic E-state index is 10.9. The van der Waals surface area contributed by atoms with E-state index in [1.54, 1.807) is 19.9 Å². The molecule has 12 heteroatoms. The molecule has 0 bridgehead atoms. The van der Waals surface area contributed by atoms with Crippen LogP contribution in [0.1, 0.15) is 36.8 Å². The van der Waals surface area contributed by atoms with E-state index >= 15 is 0 Å². The van der Waals surface area contributed by atoms with Crippen LogP contribution in [0.15, 0.2) is 24.3 Å². The minimum absolute atomic E-state index is 0.0470. The highest BCUT2D eigenvalue weighted by Gasteiger charge is 2.27. The molecule has 1 N–H and O–H groups in total. The number of nitro groups is 2. The summed E-state index contributed by atoms with van der Waals surface area (Å²) in [5.41, 5.74) is 0.621. The van der Waals surface area contributed by atoms with Gasteiger partial charge in [-0.15, -0.1) is 0 Å². The van der Waals surface area contributed by atoms with Crippen LogP contribution in [0.3, 0.4) is 0 Å². The summed E-state index contributed by atoms with van der Waals surface area (Å²) in [5, 5.41) is 30.8. The van der Waals surface area contributed by atoms with Crippen LogP contribution < -0.4 is 18.9 Å². The molecule has 0 radical (unpaired) electrons. The molecule has 0 saturated carbocycles. The summed E-state index contributed by atoms with van der Waals surface area (Å²) >= 11 is 0. The molecule has 12 nitrogen and oxygen atoms in total. The molecule has 0 fully saturated rings. The Morgan fingerprint density at radius 3 is 1.69 bits per heavy atom. The average Bonchev–Trinajstić information content (AvgIpc) is 3.44. The van der Waals surface area contributed by atoms with Crippen LogP contribution >= 0.6 is 0 Å². The number of rotatable bonds is 6. The van der Waals surface area contributed by atoms with Gasteiger partial charge in [-0.05, 0) is 12.1 Å². The van der Waals surface area contributed by atoms with E-state index < -0.39 is 15.8 Å². The van der Waals surface area contributed by atoms with E-state index in [4.69, 9.17) is 24.1 Å². The summed E-state index contributed by atoms with van der Waals surface area (Å²) in [6.45, 7) is 3.28. The van der Waals surface area contributed by atoms with Crippen LogP contribution in [0.4, 0.5) is 11.4 Å². The lowest BCUT2D eigenvalue weighted by atomic mass is 9.99. The molecule has 32 heavy (non-hydrogen) atoms. The lowest BCUT2D eigenvalue weighted by Crippen LogP contribution is -2.03. The van der Waals surface area contributed by atoms with E-state index in [0.29, 0.717) is 40.4 Å². The summed E-state index contributed by atoms with van der Waals surface area (Å²) in [7, 11) is 0. The van der Waals surface area contributed by atoms with E-state index in [1.165, 1.54) is 18.2 Å². The Balaban J connectivity index is 0.000000181. The topological polar surface area (TPSA) is 160 Å². The number of benzene rings is 2. The van der Waals surface area contributed by atoms with Gasteiger partial charge in [-0.2, -0.15) is 0 Å². The molecule has 2 aliphatic heterocycles. The monoisotopic (exact) mass is 448 g/mol. The highest BCUT2D eigenvalue weighted by Crippen LogP contribution is 2.41. The van der Waals surface area contributed by atoms with Crippen molar-refractivity contribution in [1.29, 1.82) is 0 Å². The van der Waals surface area contributed by atoms with Gasteiger partial charge in [0.15, 0.2) is 23.0 Å². The van der Waals surface area contributed by atoms with Gasteiger partial charge in [-0.25, -0.2) is 0 Å². The Kier molecular flexibility index (Phi) is 6.73. The Hall–Kier alpha value is -3.93. The van der Waals surface area contributed by atoms with E-state index in [9.17, 15) is 25.0 Å². The lowest BCUT2D eigenvalue weighted by Gasteiger charge is -2.09. The number of fused-ring (bicyclic) bond motifs is 2. The van der Waals surface area contributed by atoms with E-state index in [-0.39, 0.29) is 37.5 Å². The van der Waals surface area contributed by atoms with Crippen molar-refractivity contribution in [2.75, 3.05) is 20.2 Å². The molecule has 2 atom stereocenters. The van der Waals surface area contributed by atoms with E-state index in [2.05, 4.69) is 0 Å². The number of nitrogens with zero attached hydrogens (tertiary/aromatic N) is 2. The standard InChI is InChI=1S/C10H11NO5.C10H9NO5/c2*1-6(4-12)7-2-9-10(16-5-15-9)3-8(7)11(13)14/h2-3,6,12H,4-5H2,1H3;2-4,6H,5H2,1H3. The van der Waals surface area contributed by atoms with E-state index in [1.807, 2.05) is 0 Å². The Bertz CT molecular complexity index is 1060. The molecule has 2 aromatic rings. The third-order valence-electron chi connectivity index (χ3n) is 4.94. The molecule has 0 aliphatic carbocycles. The number of aliphatic hydroxyl groups excluding tert-OH is 1. The number of carbonyl (C=O) groups is 1. The normalized spacial score (nSPS) is 14.7. The smallest absolute Gasteiger partial charge is 0.277 e. The molecular weight excluding hydrogens is 428 g/mol. The van der Waals surface area contributed by atoms with Crippen LogP contribution in [-0.4, -0.2) is 41.4 Å². The van der Waals surface area contributed by atoms with Crippen molar-refractivity contribution < 1.29 is 38.7 Å². The van der Waals surface area contributed by atoms with Gasteiger partial charge in [0.25, 0.3) is 11.4 Å². The van der Waals surface area contributed by atoms with Crippen LogP contribution in [0, 0.1) is 20.2 Å². The summed E-state index contributed by atoms with van der Waals surface area (Å²) in [6, 6.07) is 5.67. The highest BCUT2D eigenvalue weighted by atomic mass is 16.7. The van der Waals surface area contributed by atoms with Crippen LogP contribution in [0.2, 0.25) is 0 Å². The molecule has 2 aromatic carbocycles. The van der Waals surface area contributed by atoms with Crippen LogP contribution in [0.5, 0.6) is 23.0 Å². The van der Waals surface area contributed by atoms with E-state index in [0.717, 1.165) is 0 Å². The summed E-state index contributed by atoms with van der Waals surface area (Å²) in [5.74, 6) is 0.786. The fourth-order valence-corrected chi connectivity index (χ4v) is 3.14. The second kappa shape index (κ2) is 9.47. The van der Waals surface area contributed by atoms with Crippen molar-refractivity contribution in [2.24, 2.45) is 0 Å². The Morgan fingerprint density at radius 1 is 0.875 bits per heavy atom. The zero-order valence-corrected chi connectivity index (χ0v) is 17.2.